The Morgan fingerprint density at radius 2 is 1.94 bits per heavy atom. The number of aryl methyl sites for hydroxylation is 2. The number of phenolic OH excluding ortho intramolecular Hbond substituents is 1. The first-order valence-corrected chi connectivity index (χ1v) is 16.6. The van der Waals surface area contributed by atoms with Gasteiger partial charge in [0, 0.05) is 37.8 Å². The maximum atomic E-state index is 17.0. The Balaban J connectivity index is 1.29. The third-order valence-electron chi connectivity index (χ3n) is 10.3. The number of anilines is 1. The zero-order valence-electron chi connectivity index (χ0n) is 27.1. The molecule has 0 aliphatic carbocycles. The van der Waals surface area contributed by atoms with Crippen molar-refractivity contribution >= 4 is 33.5 Å². The van der Waals surface area contributed by atoms with E-state index in [1.54, 1.807) is 11.8 Å². The highest BCUT2D eigenvalue weighted by molar-refractivity contribution is 6.01. The predicted octanol–water partition coefficient (Wildman–Crippen LogP) is 5.79. The summed E-state index contributed by atoms with van der Waals surface area (Å²) in [7, 11) is 0. The summed E-state index contributed by atoms with van der Waals surface area (Å²) in [6, 6.07) is 5.43. The van der Waals surface area contributed by atoms with Crippen LogP contribution in [0.4, 0.5) is 23.4 Å². The molecular formula is C35H33F4N7O4. The van der Waals surface area contributed by atoms with Gasteiger partial charge < -0.3 is 19.8 Å². The van der Waals surface area contributed by atoms with Crippen molar-refractivity contribution in [2.45, 2.75) is 63.8 Å². The topological polar surface area (TPSA) is 130 Å². The third-order valence-corrected chi connectivity index (χ3v) is 10.3. The Kier molecular flexibility index (Phi) is 7.77. The van der Waals surface area contributed by atoms with E-state index >= 15 is 13.2 Å². The number of carbonyl (C=O) groups is 1. The molecule has 0 saturated carbocycles. The van der Waals surface area contributed by atoms with Crippen molar-refractivity contribution in [1.29, 1.82) is 0 Å². The van der Waals surface area contributed by atoms with Gasteiger partial charge in [-0.25, -0.2) is 22.4 Å². The standard InChI is InChI=1S/C35H33F4N7O4/c1-2-21-24(37)6-5-18-11-20(47)12-22(26(18)21)29-28(39)30-23(14-40-29)32(44-8-4-10-46-25(16-44)27(38)31(43-46)33(48)49)42-34(41-30)50-17-35-7-3-9-45(35)15-19(36)13-35/h5-6,11-12,14,19,47H,2-4,7-10,13,15-17H2,1H3,(H,48,49)/t19-,35+/m1/s1. The predicted molar refractivity (Wildman–Crippen MR) is 175 cm³/mol. The van der Waals surface area contributed by atoms with Gasteiger partial charge in [0.1, 0.15) is 41.4 Å². The van der Waals surface area contributed by atoms with Crippen molar-refractivity contribution < 1.29 is 37.3 Å². The number of hydrogen-bond acceptors (Lipinski definition) is 9. The van der Waals surface area contributed by atoms with Crippen molar-refractivity contribution in [2.75, 3.05) is 31.1 Å². The lowest BCUT2D eigenvalue weighted by atomic mass is 9.94. The number of fused-ring (bicyclic) bond motifs is 4. The number of phenols is 1. The van der Waals surface area contributed by atoms with E-state index in [0.717, 1.165) is 19.4 Å². The van der Waals surface area contributed by atoms with Gasteiger partial charge in [0.2, 0.25) is 5.69 Å². The summed E-state index contributed by atoms with van der Waals surface area (Å²) in [6.07, 6.45) is 2.99. The quantitative estimate of drug-likeness (QED) is 0.202. The Labute approximate surface area is 283 Å². The monoisotopic (exact) mass is 691 g/mol. The lowest BCUT2D eigenvalue weighted by Crippen LogP contribution is -2.43. The summed E-state index contributed by atoms with van der Waals surface area (Å²) >= 11 is 0. The van der Waals surface area contributed by atoms with Crippen LogP contribution in [-0.4, -0.2) is 83.8 Å². The van der Waals surface area contributed by atoms with Gasteiger partial charge in [-0.2, -0.15) is 15.1 Å². The highest BCUT2D eigenvalue weighted by Gasteiger charge is 2.49. The van der Waals surface area contributed by atoms with Gasteiger partial charge in [-0.3, -0.25) is 14.6 Å². The van der Waals surface area contributed by atoms with Crippen molar-refractivity contribution in [2.24, 2.45) is 0 Å². The molecule has 2 saturated heterocycles. The number of aromatic nitrogens is 5. The number of alkyl halides is 1. The molecule has 5 aromatic rings. The summed E-state index contributed by atoms with van der Waals surface area (Å²) < 4.78 is 69.3. The van der Waals surface area contributed by atoms with Crippen LogP contribution >= 0.6 is 0 Å². The number of carboxylic acid groups (broad SMARTS) is 1. The van der Waals surface area contributed by atoms with Crippen LogP contribution in [0.15, 0.2) is 30.5 Å². The van der Waals surface area contributed by atoms with E-state index in [1.807, 2.05) is 0 Å². The zero-order chi connectivity index (χ0) is 34.9. The van der Waals surface area contributed by atoms with Gasteiger partial charge in [-0.05, 0) is 66.8 Å². The van der Waals surface area contributed by atoms with E-state index in [0.29, 0.717) is 42.3 Å². The molecule has 260 valence electrons. The van der Waals surface area contributed by atoms with Crippen LogP contribution in [0, 0.1) is 17.5 Å². The van der Waals surface area contributed by atoms with Gasteiger partial charge >= 0.3 is 12.0 Å². The number of ether oxygens (including phenoxy) is 1. The number of pyridine rings is 1. The Morgan fingerprint density at radius 3 is 2.74 bits per heavy atom. The van der Waals surface area contributed by atoms with Crippen LogP contribution in [0.3, 0.4) is 0 Å². The van der Waals surface area contributed by atoms with Crippen LogP contribution in [0.5, 0.6) is 11.8 Å². The molecule has 11 nitrogen and oxygen atoms in total. The number of aromatic hydroxyl groups is 1. The van der Waals surface area contributed by atoms with E-state index < -0.39 is 40.8 Å². The maximum Gasteiger partial charge on any atom is 0.359 e. The van der Waals surface area contributed by atoms with E-state index in [-0.39, 0.29) is 71.5 Å². The fourth-order valence-corrected chi connectivity index (χ4v) is 7.99. The SMILES string of the molecule is CCc1c(F)ccc2cc(O)cc(-c3ncc4c(N5CCCn6nc(C(=O)O)c(F)c6C5)nc(OC[C@@]56CCCN5C[C@H](F)C6)nc4c3F)c12. The largest absolute Gasteiger partial charge is 0.508 e. The summed E-state index contributed by atoms with van der Waals surface area (Å²) in [5, 5.41) is 25.1. The summed E-state index contributed by atoms with van der Waals surface area (Å²) in [5.74, 6) is -3.81. The molecule has 8 rings (SSSR count). The lowest BCUT2D eigenvalue weighted by Gasteiger charge is -2.31. The smallest absolute Gasteiger partial charge is 0.359 e. The molecule has 0 bridgehead atoms. The van der Waals surface area contributed by atoms with E-state index in [2.05, 4.69) is 25.0 Å². The minimum atomic E-state index is -1.50. The second-order valence-corrected chi connectivity index (χ2v) is 13.3. The van der Waals surface area contributed by atoms with Crippen molar-refractivity contribution in [3.8, 4) is 23.0 Å². The summed E-state index contributed by atoms with van der Waals surface area (Å²) in [6.45, 7) is 3.30. The first-order valence-electron chi connectivity index (χ1n) is 16.6. The molecule has 50 heavy (non-hydrogen) atoms. The van der Waals surface area contributed by atoms with Crippen LogP contribution in [-0.2, 0) is 19.5 Å². The van der Waals surface area contributed by atoms with Crippen molar-refractivity contribution in [1.82, 2.24) is 29.6 Å². The van der Waals surface area contributed by atoms with E-state index in [1.165, 1.54) is 35.1 Å². The highest BCUT2D eigenvalue weighted by atomic mass is 19.1. The molecule has 2 atom stereocenters. The average molecular weight is 692 g/mol. The van der Waals surface area contributed by atoms with E-state index in [4.69, 9.17) is 4.74 Å². The number of benzene rings is 2. The molecule has 0 unspecified atom stereocenters. The van der Waals surface area contributed by atoms with Gasteiger partial charge in [0.05, 0.1) is 23.2 Å². The Morgan fingerprint density at radius 1 is 1.10 bits per heavy atom. The fraction of sp³-hybridized carbons (Fsp3) is 0.400. The second-order valence-electron chi connectivity index (χ2n) is 13.3. The Hall–Kier alpha value is -5.05. The molecule has 3 aliphatic rings. The highest BCUT2D eigenvalue weighted by Crippen LogP contribution is 2.42. The van der Waals surface area contributed by atoms with Crippen LogP contribution in [0.25, 0.3) is 32.9 Å². The zero-order valence-corrected chi connectivity index (χ0v) is 27.1. The number of carboxylic acids is 1. The van der Waals surface area contributed by atoms with Gasteiger partial charge in [-0.1, -0.05) is 13.0 Å². The van der Waals surface area contributed by atoms with Crippen LogP contribution < -0.4 is 9.64 Å². The maximum absolute atomic E-state index is 17.0. The first-order chi connectivity index (χ1) is 24.1. The van der Waals surface area contributed by atoms with Crippen molar-refractivity contribution in [3.63, 3.8) is 0 Å². The van der Waals surface area contributed by atoms with Gasteiger partial charge in [-0.15, -0.1) is 0 Å². The average Bonchev–Trinajstić information content (AvgIpc) is 3.66. The van der Waals surface area contributed by atoms with Crippen LogP contribution in [0.1, 0.15) is 54.4 Å². The van der Waals surface area contributed by atoms with E-state index in [9.17, 15) is 19.4 Å². The number of rotatable bonds is 7. The first kappa shape index (κ1) is 32.2. The minimum absolute atomic E-state index is 0.0277. The molecule has 0 amide bonds. The van der Waals surface area contributed by atoms with Crippen LogP contribution in [0.2, 0.25) is 0 Å². The molecule has 6 heterocycles. The second kappa shape index (κ2) is 12.1. The number of aromatic carboxylic acids is 1. The number of halogens is 4. The number of nitrogens with zero attached hydrogens (tertiary/aromatic N) is 7. The Bertz CT molecular complexity index is 2200. The van der Waals surface area contributed by atoms with Gasteiger partial charge in [0.15, 0.2) is 11.6 Å². The molecule has 2 N–H and O–H groups in total. The molecule has 0 radical (unpaired) electrons. The molecule has 3 aliphatic heterocycles. The molecule has 0 spiro atoms. The van der Waals surface area contributed by atoms with Crippen molar-refractivity contribution in [3.05, 3.63) is 64.9 Å². The number of hydrogen-bond donors (Lipinski definition) is 2. The summed E-state index contributed by atoms with van der Waals surface area (Å²) in [4.78, 5) is 29.0. The normalized spacial score (nSPS) is 20.7. The molecule has 2 aromatic carbocycles. The molecular weight excluding hydrogens is 658 g/mol. The van der Waals surface area contributed by atoms with Gasteiger partial charge in [0.25, 0.3) is 0 Å². The summed E-state index contributed by atoms with van der Waals surface area (Å²) in [5.41, 5.74) is -1.08. The minimum Gasteiger partial charge on any atom is -0.508 e. The molecule has 15 heteroatoms. The molecule has 3 aromatic heterocycles. The third kappa shape index (κ3) is 5.17. The lowest BCUT2D eigenvalue weighted by molar-refractivity contribution is 0.0684. The molecule has 2 fully saturated rings. The fourth-order valence-electron chi connectivity index (χ4n) is 7.99.